The number of hydrogen-bond donors (Lipinski definition) is 1. The molecule has 1 heterocycles. The quantitative estimate of drug-likeness (QED) is 0.672. The van der Waals surface area contributed by atoms with Gasteiger partial charge in [0.15, 0.2) is 0 Å². The molecule has 126 valence electrons. The van der Waals surface area contributed by atoms with E-state index < -0.39 is 0 Å². The van der Waals surface area contributed by atoms with E-state index in [9.17, 15) is 4.79 Å². The zero-order chi connectivity index (χ0) is 17.9. The van der Waals surface area contributed by atoms with Crippen LogP contribution in [0.25, 0.3) is 17.0 Å². The third-order valence-electron chi connectivity index (χ3n) is 4.11. The first kappa shape index (κ1) is 16.9. The highest BCUT2D eigenvalue weighted by molar-refractivity contribution is 6.06. The lowest BCUT2D eigenvalue weighted by Crippen LogP contribution is -2.10. The van der Waals surface area contributed by atoms with Crippen LogP contribution in [0, 0.1) is 0 Å². The normalized spacial score (nSPS) is 11.8. The van der Waals surface area contributed by atoms with Gasteiger partial charge < -0.3 is 5.32 Å². The van der Waals surface area contributed by atoms with Gasteiger partial charge in [0.1, 0.15) is 0 Å². The fourth-order valence-electron chi connectivity index (χ4n) is 2.65. The lowest BCUT2D eigenvalue weighted by molar-refractivity contribution is -0.111. The van der Waals surface area contributed by atoms with Crippen molar-refractivity contribution in [2.45, 2.75) is 26.2 Å². The van der Waals surface area contributed by atoms with Gasteiger partial charge in [0.25, 0.3) is 0 Å². The molecule has 0 fully saturated rings. The third kappa shape index (κ3) is 4.13. The zero-order valence-corrected chi connectivity index (χ0v) is 14.8. The molecule has 3 nitrogen and oxygen atoms in total. The Kier molecular flexibility index (Phi) is 4.66. The largest absolute Gasteiger partial charge is 0.322 e. The molecule has 0 unspecified atom stereocenters. The van der Waals surface area contributed by atoms with Gasteiger partial charge in [-0.05, 0) is 46.9 Å². The van der Waals surface area contributed by atoms with E-state index in [1.807, 2.05) is 48.5 Å². The van der Waals surface area contributed by atoms with Gasteiger partial charge in [0.05, 0.1) is 11.2 Å². The summed E-state index contributed by atoms with van der Waals surface area (Å²) in [5.41, 5.74) is 4.03. The van der Waals surface area contributed by atoms with Crippen LogP contribution in [-0.4, -0.2) is 10.9 Å². The number of nitrogens with one attached hydrogen (secondary N) is 1. The van der Waals surface area contributed by atoms with E-state index in [1.54, 1.807) is 12.3 Å². The highest BCUT2D eigenvalue weighted by atomic mass is 16.1. The standard InChI is InChI=1S/C22H22N2O/c1-22(2,3)17-12-9-16(10-13-17)11-14-21(25)24-20-8-4-7-19-18(20)6-5-15-23-19/h4-15H,1-3H3,(H,24,25). The number of hydrogen-bond acceptors (Lipinski definition) is 2. The number of aromatic nitrogens is 1. The summed E-state index contributed by atoms with van der Waals surface area (Å²) in [4.78, 5) is 16.5. The Morgan fingerprint density at radius 1 is 1.00 bits per heavy atom. The lowest BCUT2D eigenvalue weighted by atomic mass is 9.87. The third-order valence-corrected chi connectivity index (χ3v) is 4.11. The topological polar surface area (TPSA) is 42.0 Å². The Bertz CT molecular complexity index is 913. The summed E-state index contributed by atoms with van der Waals surface area (Å²) in [5.74, 6) is -0.156. The second-order valence-electron chi connectivity index (χ2n) is 7.07. The van der Waals surface area contributed by atoms with E-state index in [4.69, 9.17) is 0 Å². The summed E-state index contributed by atoms with van der Waals surface area (Å²) in [7, 11) is 0. The predicted molar refractivity (Wildman–Crippen MR) is 105 cm³/mol. The Labute approximate surface area is 148 Å². The van der Waals surface area contributed by atoms with Gasteiger partial charge in [-0.25, -0.2) is 0 Å². The first-order valence-corrected chi connectivity index (χ1v) is 8.37. The van der Waals surface area contributed by atoms with Gasteiger partial charge in [0.2, 0.25) is 5.91 Å². The second-order valence-corrected chi connectivity index (χ2v) is 7.07. The van der Waals surface area contributed by atoms with E-state index in [0.717, 1.165) is 22.2 Å². The Morgan fingerprint density at radius 3 is 2.48 bits per heavy atom. The molecule has 0 spiro atoms. The van der Waals surface area contributed by atoms with Crippen LogP contribution < -0.4 is 5.32 Å². The Balaban J connectivity index is 1.73. The molecule has 0 saturated carbocycles. The van der Waals surface area contributed by atoms with Crippen molar-refractivity contribution in [3.63, 3.8) is 0 Å². The molecular formula is C22H22N2O. The molecule has 0 aliphatic carbocycles. The fraction of sp³-hybridized carbons (Fsp3) is 0.182. The van der Waals surface area contributed by atoms with Crippen molar-refractivity contribution >= 4 is 28.6 Å². The van der Waals surface area contributed by atoms with Crippen LogP contribution in [0.1, 0.15) is 31.9 Å². The first-order chi connectivity index (χ1) is 11.9. The van der Waals surface area contributed by atoms with Gasteiger partial charge in [-0.15, -0.1) is 0 Å². The fourth-order valence-corrected chi connectivity index (χ4v) is 2.65. The number of amides is 1. The number of rotatable bonds is 3. The summed E-state index contributed by atoms with van der Waals surface area (Å²) >= 11 is 0. The minimum absolute atomic E-state index is 0.127. The smallest absolute Gasteiger partial charge is 0.248 e. The van der Waals surface area contributed by atoms with Crippen LogP contribution in [0.3, 0.4) is 0 Å². The highest BCUT2D eigenvalue weighted by Crippen LogP contribution is 2.23. The van der Waals surface area contributed by atoms with Crippen molar-refractivity contribution in [1.29, 1.82) is 0 Å². The molecular weight excluding hydrogens is 308 g/mol. The average molecular weight is 330 g/mol. The minimum Gasteiger partial charge on any atom is -0.322 e. The summed E-state index contributed by atoms with van der Waals surface area (Å²) in [6, 6.07) is 17.8. The maximum Gasteiger partial charge on any atom is 0.248 e. The van der Waals surface area contributed by atoms with Crippen molar-refractivity contribution in [3.8, 4) is 0 Å². The number of fused-ring (bicyclic) bond motifs is 1. The molecule has 1 aromatic heterocycles. The maximum atomic E-state index is 12.2. The molecule has 0 bridgehead atoms. The summed E-state index contributed by atoms with van der Waals surface area (Å²) in [6.07, 6.45) is 5.13. The molecule has 3 heteroatoms. The minimum atomic E-state index is -0.156. The molecule has 0 saturated heterocycles. The van der Waals surface area contributed by atoms with E-state index in [2.05, 4.69) is 43.2 Å². The van der Waals surface area contributed by atoms with Crippen LogP contribution in [0.4, 0.5) is 5.69 Å². The van der Waals surface area contributed by atoms with Crippen molar-refractivity contribution in [1.82, 2.24) is 4.98 Å². The predicted octanol–water partition coefficient (Wildman–Crippen LogP) is 5.18. The molecule has 25 heavy (non-hydrogen) atoms. The lowest BCUT2D eigenvalue weighted by Gasteiger charge is -2.18. The van der Waals surface area contributed by atoms with Crippen molar-refractivity contribution in [3.05, 3.63) is 78.0 Å². The number of pyridine rings is 1. The number of nitrogens with zero attached hydrogens (tertiary/aromatic N) is 1. The van der Waals surface area contributed by atoms with Crippen molar-refractivity contribution < 1.29 is 4.79 Å². The van der Waals surface area contributed by atoms with Crippen LogP contribution in [0.5, 0.6) is 0 Å². The molecule has 0 atom stereocenters. The summed E-state index contributed by atoms with van der Waals surface area (Å²) in [5, 5.41) is 3.86. The molecule has 1 N–H and O–H groups in total. The summed E-state index contributed by atoms with van der Waals surface area (Å²) < 4.78 is 0. The van der Waals surface area contributed by atoms with E-state index in [-0.39, 0.29) is 11.3 Å². The molecule has 0 radical (unpaired) electrons. The zero-order valence-electron chi connectivity index (χ0n) is 14.8. The SMILES string of the molecule is CC(C)(C)c1ccc(C=CC(=O)Nc2cccc3ncccc23)cc1. The molecule has 1 amide bonds. The summed E-state index contributed by atoms with van der Waals surface area (Å²) in [6.45, 7) is 6.55. The number of benzene rings is 2. The van der Waals surface area contributed by atoms with E-state index >= 15 is 0 Å². The van der Waals surface area contributed by atoms with E-state index in [0.29, 0.717) is 0 Å². The van der Waals surface area contributed by atoms with Gasteiger partial charge in [-0.3, -0.25) is 9.78 Å². The molecule has 3 aromatic rings. The maximum absolute atomic E-state index is 12.2. The van der Waals surface area contributed by atoms with Crippen LogP contribution in [0.15, 0.2) is 66.9 Å². The van der Waals surface area contributed by atoms with Crippen molar-refractivity contribution in [2.75, 3.05) is 5.32 Å². The molecule has 3 rings (SSSR count). The highest BCUT2D eigenvalue weighted by Gasteiger charge is 2.12. The van der Waals surface area contributed by atoms with Crippen LogP contribution in [0.2, 0.25) is 0 Å². The second kappa shape index (κ2) is 6.89. The monoisotopic (exact) mass is 330 g/mol. The van der Waals surface area contributed by atoms with Crippen LogP contribution >= 0.6 is 0 Å². The number of anilines is 1. The van der Waals surface area contributed by atoms with E-state index in [1.165, 1.54) is 5.56 Å². The first-order valence-electron chi connectivity index (χ1n) is 8.37. The van der Waals surface area contributed by atoms with Gasteiger partial charge in [-0.2, -0.15) is 0 Å². The number of carbonyl (C=O) groups is 1. The Morgan fingerprint density at radius 2 is 1.76 bits per heavy atom. The molecule has 2 aromatic carbocycles. The van der Waals surface area contributed by atoms with Crippen molar-refractivity contribution in [2.24, 2.45) is 0 Å². The molecule has 0 aliphatic heterocycles. The van der Waals surface area contributed by atoms with Crippen LogP contribution in [-0.2, 0) is 10.2 Å². The van der Waals surface area contributed by atoms with Gasteiger partial charge in [-0.1, -0.05) is 51.1 Å². The van der Waals surface area contributed by atoms with Gasteiger partial charge in [0, 0.05) is 17.7 Å². The number of carbonyl (C=O) groups excluding carboxylic acids is 1. The average Bonchev–Trinajstić information content (AvgIpc) is 2.60. The Hall–Kier alpha value is -2.94. The molecule has 0 aliphatic rings. The van der Waals surface area contributed by atoms with Gasteiger partial charge >= 0.3 is 0 Å².